The number of guanidine groups is 1. The summed E-state index contributed by atoms with van der Waals surface area (Å²) in [6.45, 7) is 3.91. The number of anilines is 1. The molecule has 0 aliphatic carbocycles. The molecule has 8 nitrogen and oxygen atoms in total. The van der Waals surface area contributed by atoms with Crippen LogP contribution in [0.15, 0.2) is 41.4 Å². The zero-order valence-corrected chi connectivity index (χ0v) is 21.3. The summed E-state index contributed by atoms with van der Waals surface area (Å²) in [5.41, 5.74) is 3.10. The van der Waals surface area contributed by atoms with Gasteiger partial charge in [0.05, 0.1) is 34.4 Å². The Kier molecular flexibility index (Phi) is 9.89. The van der Waals surface area contributed by atoms with Crippen LogP contribution in [0.3, 0.4) is 0 Å². The molecule has 0 aromatic heterocycles. The lowest BCUT2D eigenvalue weighted by Gasteiger charge is -2.19. The van der Waals surface area contributed by atoms with Crippen LogP contribution in [0, 0.1) is 0 Å². The fraction of sp³-hybridized carbons (Fsp3) is 0.391. The molecule has 1 amide bonds. The van der Waals surface area contributed by atoms with Crippen molar-refractivity contribution < 1.29 is 19.0 Å². The highest BCUT2D eigenvalue weighted by Crippen LogP contribution is 2.38. The molecule has 1 aliphatic rings. The highest BCUT2D eigenvalue weighted by Gasteiger charge is 2.23. The van der Waals surface area contributed by atoms with Gasteiger partial charge in [-0.25, -0.2) is 4.99 Å². The maximum absolute atomic E-state index is 12.8. The maximum atomic E-state index is 12.8. The van der Waals surface area contributed by atoms with Gasteiger partial charge >= 0.3 is 0 Å². The van der Waals surface area contributed by atoms with E-state index in [4.69, 9.17) is 14.2 Å². The van der Waals surface area contributed by atoms with Crippen LogP contribution in [-0.4, -0.2) is 52.8 Å². The van der Waals surface area contributed by atoms with E-state index in [0.29, 0.717) is 42.8 Å². The van der Waals surface area contributed by atoms with Gasteiger partial charge in [0.25, 0.3) is 0 Å². The van der Waals surface area contributed by atoms with Crippen LogP contribution in [-0.2, 0) is 17.8 Å². The normalized spacial score (nSPS) is 12.5. The number of carbonyl (C=O) groups is 1. The minimum Gasteiger partial charge on any atom is -0.493 e. The highest BCUT2D eigenvalue weighted by molar-refractivity contribution is 14.0. The van der Waals surface area contributed by atoms with Gasteiger partial charge in [-0.05, 0) is 42.7 Å². The van der Waals surface area contributed by atoms with Crippen molar-refractivity contribution in [3.63, 3.8) is 0 Å². The van der Waals surface area contributed by atoms with Crippen molar-refractivity contribution in [3.05, 3.63) is 47.5 Å². The molecule has 0 saturated heterocycles. The number of hydrogen-bond donors (Lipinski definition) is 2. The number of amides is 1. The Hall–Kier alpha value is -2.69. The zero-order valence-electron chi connectivity index (χ0n) is 18.9. The summed E-state index contributed by atoms with van der Waals surface area (Å²) in [6, 6.07) is 11.7. The van der Waals surface area contributed by atoms with E-state index >= 15 is 0 Å². The highest BCUT2D eigenvalue weighted by atomic mass is 127. The first-order valence-corrected chi connectivity index (χ1v) is 10.3. The molecule has 0 atom stereocenters. The molecule has 1 heterocycles. The van der Waals surface area contributed by atoms with E-state index in [2.05, 4.69) is 21.7 Å². The zero-order chi connectivity index (χ0) is 22.2. The number of nitrogens with one attached hydrogen (secondary N) is 2. The van der Waals surface area contributed by atoms with Gasteiger partial charge in [0.1, 0.15) is 0 Å². The molecule has 3 rings (SSSR count). The van der Waals surface area contributed by atoms with Crippen LogP contribution in [0.5, 0.6) is 17.2 Å². The van der Waals surface area contributed by atoms with Gasteiger partial charge in [0, 0.05) is 18.8 Å². The van der Waals surface area contributed by atoms with Gasteiger partial charge in [-0.3, -0.25) is 4.79 Å². The average molecular weight is 554 g/mol. The largest absolute Gasteiger partial charge is 0.493 e. The van der Waals surface area contributed by atoms with E-state index in [-0.39, 0.29) is 36.4 Å². The molecule has 9 heteroatoms. The first kappa shape index (κ1) is 25.6. The van der Waals surface area contributed by atoms with Crippen LogP contribution >= 0.6 is 24.0 Å². The molecule has 2 aromatic carbocycles. The Morgan fingerprint density at radius 3 is 2.38 bits per heavy atom. The first-order valence-electron chi connectivity index (χ1n) is 10.3. The number of hydrogen-bond acceptors (Lipinski definition) is 5. The quantitative estimate of drug-likeness (QED) is 0.297. The summed E-state index contributed by atoms with van der Waals surface area (Å²) in [6.07, 6.45) is 0.886. The van der Waals surface area contributed by atoms with Crippen molar-refractivity contribution in [2.45, 2.75) is 19.9 Å². The smallest absolute Gasteiger partial charge is 0.246 e. The minimum atomic E-state index is 0. The number of para-hydroxylation sites is 1. The van der Waals surface area contributed by atoms with Crippen molar-refractivity contribution in [2.24, 2.45) is 4.99 Å². The topological polar surface area (TPSA) is 84.4 Å². The summed E-state index contributed by atoms with van der Waals surface area (Å²) in [5, 5.41) is 6.32. The molecular weight excluding hydrogens is 523 g/mol. The molecule has 0 spiro atoms. The summed E-state index contributed by atoms with van der Waals surface area (Å²) in [7, 11) is 4.73. The molecule has 32 heavy (non-hydrogen) atoms. The number of methoxy groups -OCH3 is 3. The van der Waals surface area contributed by atoms with Crippen LogP contribution in [0.2, 0.25) is 0 Å². The SMILES string of the molecule is CCNC(=NCc1cc(OC)c(OC)c(OC)c1)NCC(=O)N1CCc2ccccc21.I. The minimum absolute atomic E-state index is 0. The molecule has 1 aliphatic heterocycles. The molecule has 0 bridgehead atoms. The summed E-state index contributed by atoms with van der Waals surface area (Å²) >= 11 is 0. The number of carbonyl (C=O) groups excluding carboxylic acids is 1. The van der Waals surface area contributed by atoms with Gasteiger partial charge in [-0.1, -0.05) is 18.2 Å². The van der Waals surface area contributed by atoms with Crippen molar-refractivity contribution in [1.29, 1.82) is 0 Å². The molecular formula is C23H31IN4O4. The predicted octanol–water partition coefficient (Wildman–Crippen LogP) is 2.97. The molecule has 0 unspecified atom stereocenters. The third-order valence-electron chi connectivity index (χ3n) is 5.08. The number of rotatable bonds is 8. The maximum Gasteiger partial charge on any atom is 0.246 e. The average Bonchev–Trinajstić information content (AvgIpc) is 3.24. The van der Waals surface area contributed by atoms with Gasteiger partial charge in [-0.15, -0.1) is 24.0 Å². The fourth-order valence-corrected chi connectivity index (χ4v) is 3.59. The third kappa shape index (κ3) is 5.96. The number of aliphatic imine (C=N–C) groups is 1. The summed E-state index contributed by atoms with van der Waals surface area (Å²) < 4.78 is 16.2. The Bertz CT molecular complexity index is 926. The standard InChI is InChI=1S/C23H30N4O4.HI/c1-5-24-23(25-14-16-12-19(29-2)22(31-4)20(13-16)30-3)26-15-21(28)27-11-10-17-8-6-7-9-18(17)27;/h6-9,12-13H,5,10-11,14-15H2,1-4H3,(H2,24,25,26);1H. The van der Waals surface area contributed by atoms with E-state index in [1.807, 2.05) is 42.2 Å². The van der Waals surface area contributed by atoms with Crippen LogP contribution in [0.1, 0.15) is 18.1 Å². The second-order valence-corrected chi connectivity index (χ2v) is 7.01. The second-order valence-electron chi connectivity index (χ2n) is 7.01. The van der Waals surface area contributed by atoms with E-state index < -0.39 is 0 Å². The number of fused-ring (bicyclic) bond motifs is 1. The lowest BCUT2D eigenvalue weighted by molar-refractivity contribution is -0.117. The van der Waals surface area contributed by atoms with E-state index in [1.165, 1.54) is 5.56 Å². The summed E-state index contributed by atoms with van der Waals surface area (Å²) in [4.78, 5) is 19.2. The Morgan fingerprint density at radius 2 is 1.75 bits per heavy atom. The van der Waals surface area contributed by atoms with Crippen molar-refractivity contribution in [2.75, 3.05) is 45.9 Å². The van der Waals surface area contributed by atoms with Crippen molar-refractivity contribution in [3.8, 4) is 17.2 Å². The van der Waals surface area contributed by atoms with E-state index in [0.717, 1.165) is 17.7 Å². The third-order valence-corrected chi connectivity index (χ3v) is 5.08. The Morgan fingerprint density at radius 1 is 1.06 bits per heavy atom. The molecule has 0 saturated carbocycles. The molecule has 0 fully saturated rings. The monoisotopic (exact) mass is 554 g/mol. The first-order chi connectivity index (χ1) is 15.1. The predicted molar refractivity (Wildman–Crippen MR) is 137 cm³/mol. The fourth-order valence-electron chi connectivity index (χ4n) is 3.59. The van der Waals surface area contributed by atoms with E-state index in [1.54, 1.807) is 21.3 Å². The summed E-state index contributed by atoms with van der Waals surface area (Å²) in [5.74, 6) is 2.28. The molecule has 0 radical (unpaired) electrons. The molecule has 2 N–H and O–H groups in total. The molecule has 174 valence electrons. The van der Waals surface area contributed by atoms with Crippen LogP contribution < -0.4 is 29.7 Å². The number of nitrogens with zero attached hydrogens (tertiary/aromatic N) is 2. The number of benzene rings is 2. The van der Waals surface area contributed by atoms with E-state index in [9.17, 15) is 4.79 Å². The van der Waals surface area contributed by atoms with Crippen LogP contribution in [0.4, 0.5) is 5.69 Å². The van der Waals surface area contributed by atoms with Crippen molar-refractivity contribution in [1.82, 2.24) is 10.6 Å². The van der Waals surface area contributed by atoms with Crippen LogP contribution in [0.25, 0.3) is 0 Å². The lowest BCUT2D eigenvalue weighted by Crippen LogP contribution is -2.44. The Labute approximate surface area is 206 Å². The van der Waals surface area contributed by atoms with Crippen molar-refractivity contribution >= 4 is 41.5 Å². The number of ether oxygens (including phenoxy) is 3. The second kappa shape index (κ2) is 12.4. The van der Waals surface area contributed by atoms with Gasteiger partial charge < -0.3 is 29.7 Å². The Balaban J connectivity index is 0.00000363. The van der Waals surface area contributed by atoms with Gasteiger partial charge in [0.15, 0.2) is 17.5 Å². The molecule has 2 aromatic rings. The van der Waals surface area contributed by atoms with Gasteiger partial charge in [-0.2, -0.15) is 0 Å². The lowest BCUT2D eigenvalue weighted by atomic mass is 10.2. The van der Waals surface area contributed by atoms with Gasteiger partial charge in [0.2, 0.25) is 11.7 Å². The number of halogens is 1.